The van der Waals surface area contributed by atoms with E-state index in [0.717, 1.165) is 12.1 Å². The molecule has 0 fully saturated rings. The van der Waals surface area contributed by atoms with Crippen molar-refractivity contribution in [3.05, 3.63) is 51.8 Å². The van der Waals surface area contributed by atoms with Gasteiger partial charge in [-0.2, -0.15) is 26.3 Å². The zero-order valence-corrected chi connectivity index (χ0v) is 12.8. The van der Waals surface area contributed by atoms with Gasteiger partial charge in [-0.1, -0.05) is 11.6 Å². The Balaban J connectivity index is 2.38. The molecular formula is C15H7ClF7NO. The first kappa shape index (κ1) is 17.8. The van der Waals surface area contributed by atoms with Crippen molar-refractivity contribution in [2.24, 2.45) is 0 Å². The first-order valence-electron chi connectivity index (χ1n) is 6.83. The van der Waals surface area contributed by atoms with E-state index in [0.29, 0.717) is 10.6 Å². The molecule has 0 radical (unpaired) electrons. The standard InChI is InChI=1S/C15H7ClF7NO/c16-6-3-7(17)5-8(4-6)24-9-1-2-14(19,20)12(25)10(9)11(13(24)18)15(21,22)23/h3-5H,1-2H2. The van der Waals surface area contributed by atoms with Crippen molar-refractivity contribution in [3.63, 3.8) is 0 Å². The molecule has 1 aromatic heterocycles. The van der Waals surface area contributed by atoms with Crippen molar-refractivity contribution in [2.45, 2.75) is 24.9 Å². The number of halogens is 8. The van der Waals surface area contributed by atoms with Crippen LogP contribution in [0.3, 0.4) is 0 Å². The molecule has 2 aromatic rings. The summed E-state index contributed by atoms with van der Waals surface area (Å²) in [7, 11) is 0. The van der Waals surface area contributed by atoms with E-state index in [1.165, 1.54) is 0 Å². The average molecular weight is 386 g/mol. The molecular weight excluding hydrogens is 379 g/mol. The number of hydrogen-bond acceptors (Lipinski definition) is 1. The number of rotatable bonds is 1. The summed E-state index contributed by atoms with van der Waals surface area (Å²) < 4.78 is 95.1. The summed E-state index contributed by atoms with van der Waals surface area (Å²) >= 11 is 5.62. The third kappa shape index (κ3) is 2.80. The van der Waals surface area contributed by atoms with Crippen LogP contribution in [0, 0.1) is 11.8 Å². The van der Waals surface area contributed by atoms with Gasteiger partial charge >= 0.3 is 12.1 Å². The highest BCUT2D eigenvalue weighted by Gasteiger charge is 2.52. The van der Waals surface area contributed by atoms with Gasteiger partial charge in [-0.15, -0.1) is 0 Å². The van der Waals surface area contributed by atoms with Gasteiger partial charge in [0, 0.05) is 17.1 Å². The minimum absolute atomic E-state index is 0.238. The number of fused-ring (bicyclic) bond motifs is 1. The van der Waals surface area contributed by atoms with Gasteiger partial charge in [0.15, 0.2) is 0 Å². The molecule has 0 unspecified atom stereocenters. The van der Waals surface area contributed by atoms with Crippen molar-refractivity contribution in [1.29, 1.82) is 0 Å². The minimum Gasteiger partial charge on any atom is -0.289 e. The van der Waals surface area contributed by atoms with Gasteiger partial charge in [0.1, 0.15) is 11.4 Å². The Labute approximate surface area is 140 Å². The number of carbonyl (C=O) groups is 1. The summed E-state index contributed by atoms with van der Waals surface area (Å²) in [4.78, 5) is 11.8. The summed E-state index contributed by atoms with van der Waals surface area (Å²) in [6, 6.07) is 2.49. The van der Waals surface area contributed by atoms with E-state index in [-0.39, 0.29) is 5.02 Å². The topological polar surface area (TPSA) is 22.0 Å². The van der Waals surface area contributed by atoms with Crippen LogP contribution in [0.4, 0.5) is 30.7 Å². The van der Waals surface area contributed by atoms with Crippen LogP contribution in [0.15, 0.2) is 18.2 Å². The molecule has 2 nitrogen and oxygen atoms in total. The Hall–Kier alpha value is -2.03. The zero-order chi connectivity index (χ0) is 18.7. The number of carbonyl (C=O) groups excluding carboxylic acids is 1. The fraction of sp³-hybridized carbons (Fsp3) is 0.267. The molecule has 134 valence electrons. The highest BCUT2D eigenvalue weighted by Crippen LogP contribution is 2.44. The van der Waals surface area contributed by atoms with Crippen LogP contribution >= 0.6 is 11.6 Å². The highest BCUT2D eigenvalue weighted by molar-refractivity contribution is 6.30. The highest BCUT2D eigenvalue weighted by atomic mass is 35.5. The smallest absolute Gasteiger partial charge is 0.289 e. The lowest BCUT2D eigenvalue weighted by molar-refractivity contribution is -0.140. The van der Waals surface area contributed by atoms with Gasteiger partial charge in [-0.05, 0) is 24.6 Å². The summed E-state index contributed by atoms with van der Waals surface area (Å²) in [5.74, 6) is -9.08. The SMILES string of the molecule is O=C1c2c(C(F)(F)F)c(F)n(-c3cc(F)cc(Cl)c3)c2CCC1(F)F. The lowest BCUT2D eigenvalue weighted by atomic mass is 9.90. The predicted molar refractivity (Wildman–Crippen MR) is 73.3 cm³/mol. The van der Waals surface area contributed by atoms with Gasteiger partial charge < -0.3 is 0 Å². The zero-order valence-electron chi connectivity index (χ0n) is 12.0. The molecule has 1 aromatic carbocycles. The van der Waals surface area contributed by atoms with E-state index in [4.69, 9.17) is 11.6 Å². The van der Waals surface area contributed by atoms with Gasteiger partial charge in [0.25, 0.3) is 0 Å². The maximum absolute atomic E-state index is 14.5. The Morgan fingerprint density at radius 2 is 1.76 bits per heavy atom. The van der Waals surface area contributed by atoms with Crippen molar-refractivity contribution in [2.75, 3.05) is 0 Å². The number of hydrogen-bond donors (Lipinski definition) is 0. The number of Topliss-reactive ketones (excluding diaryl/α,β-unsaturated/α-hetero) is 1. The summed E-state index contributed by atoms with van der Waals surface area (Å²) in [6.45, 7) is 0. The van der Waals surface area contributed by atoms with Crippen molar-refractivity contribution in [1.82, 2.24) is 4.57 Å². The number of benzene rings is 1. The Morgan fingerprint density at radius 1 is 1.12 bits per heavy atom. The van der Waals surface area contributed by atoms with Gasteiger partial charge in [-0.3, -0.25) is 9.36 Å². The summed E-state index contributed by atoms with van der Waals surface area (Å²) in [5.41, 5.74) is -4.55. The number of ketones is 1. The molecule has 10 heteroatoms. The lowest BCUT2D eigenvalue weighted by Crippen LogP contribution is -2.35. The predicted octanol–water partition coefficient (Wildman–Crippen LogP) is 5.19. The van der Waals surface area contributed by atoms with Crippen molar-refractivity contribution < 1.29 is 35.5 Å². The molecule has 3 rings (SSSR count). The molecule has 0 N–H and O–H groups in total. The van der Waals surface area contributed by atoms with Crippen LogP contribution < -0.4 is 0 Å². The molecule has 0 saturated heterocycles. The molecule has 1 aliphatic carbocycles. The van der Waals surface area contributed by atoms with Crippen LogP contribution in [0.25, 0.3) is 5.69 Å². The third-order valence-electron chi connectivity index (χ3n) is 3.84. The third-order valence-corrected chi connectivity index (χ3v) is 4.05. The number of nitrogens with zero attached hydrogens (tertiary/aromatic N) is 1. The first-order valence-corrected chi connectivity index (χ1v) is 7.20. The molecule has 0 atom stereocenters. The number of alkyl halides is 5. The van der Waals surface area contributed by atoms with Crippen molar-refractivity contribution in [3.8, 4) is 5.69 Å². The normalized spacial score (nSPS) is 16.9. The van der Waals surface area contributed by atoms with Crippen LogP contribution in [0.5, 0.6) is 0 Å². The largest absolute Gasteiger partial charge is 0.421 e. The van der Waals surface area contributed by atoms with E-state index < -0.39 is 65.0 Å². The van der Waals surface area contributed by atoms with Gasteiger partial charge in [-0.25, -0.2) is 4.39 Å². The second-order valence-corrected chi connectivity index (χ2v) is 5.92. The van der Waals surface area contributed by atoms with E-state index >= 15 is 0 Å². The molecule has 0 spiro atoms. The summed E-state index contributed by atoms with van der Waals surface area (Å²) in [5, 5.41) is -0.238. The molecule has 0 amide bonds. The minimum atomic E-state index is -5.39. The molecule has 1 aliphatic rings. The van der Waals surface area contributed by atoms with E-state index in [1.54, 1.807) is 0 Å². The van der Waals surface area contributed by atoms with E-state index in [9.17, 15) is 35.5 Å². The molecule has 0 bridgehead atoms. The van der Waals surface area contributed by atoms with E-state index in [1.807, 2.05) is 0 Å². The van der Waals surface area contributed by atoms with E-state index in [2.05, 4.69) is 0 Å². The fourth-order valence-corrected chi connectivity index (χ4v) is 3.05. The van der Waals surface area contributed by atoms with Gasteiger partial charge in [0.2, 0.25) is 11.7 Å². The quantitative estimate of drug-likeness (QED) is 0.619. The molecule has 1 heterocycles. The second-order valence-electron chi connectivity index (χ2n) is 5.48. The summed E-state index contributed by atoms with van der Waals surface area (Å²) in [6.07, 6.45) is -7.17. The van der Waals surface area contributed by atoms with Crippen LogP contribution in [-0.2, 0) is 12.6 Å². The van der Waals surface area contributed by atoms with Crippen LogP contribution in [0.2, 0.25) is 5.02 Å². The maximum Gasteiger partial charge on any atom is 0.421 e. The van der Waals surface area contributed by atoms with Gasteiger partial charge in [0.05, 0.1) is 11.3 Å². The molecule has 0 saturated carbocycles. The molecule has 0 aliphatic heterocycles. The monoisotopic (exact) mass is 385 g/mol. The Bertz CT molecular complexity index is 865. The average Bonchev–Trinajstić information content (AvgIpc) is 2.75. The second kappa shape index (κ2) is 5.48. The van der Waals surface area contributed by atoms with Crippen LogP contribution in [-0.4, -0.2) is 16.3 Å². The maximum atomic E-state index is 14.5. The van der Waals surface area contributed by atoms with Crippen LogP contribution in [0.1, 0.15) is 28.0 Å². The number of aromatic nitrogens is 1. The lowest BCUT2D eigenvalue weighted by Gasteiger charge is -2.22. The fourth-order valence-electron chi connectivity index (χ4n) is 2.84. The first-order chi connectivity index (χ1) is 11.4. The Kier molecular flexibility index (Phi) is 3.90. The molecule has 25 heavy (non-hydrogen) atoms. The van der Waals surface area contributed by atoms with Crippen molar-refractivity contribution >= 4 is 17.4 Å². The Morgan fingerprint density at radius 3 is 2.32 bits per heavy atom.